The summed E-state index contributed by atoms with van der Waals surface area (Å²) in [6.07, 6.45) is 1.43. The van der Waals surface area contributed by atoms with Crippen LogP contribution in [0, 0.1) is 0 Å². The number of hydrazone groups is 1. The Hall–Kier alpha value is -4.54. The number of fused-ring (bicyclic) bond motifs is 1. The van der Waals surface area contributed by atoms with Crippen LogP contribution in [0.4, 0.5) is 5.69 Å². The number of imide groups is 1. The molecule has 2 amide bonds. The van der Waals surface area contributed by atoms with Gasteiger partial charge in [0.1, 0.15) is 11.3 Å². The second kappa shape index (κ2) is 8.67. The molecule has 3 aromatic carbocycles. The molecular weight excluding hydrogens is 454 g/mol. The molecule has 35 heavy (non-hydrogen) atoms. The van der Waals surface area contributed by atoms with Gasteiger partial charge in [0.25, 0.3) is 11.8 Å². The number of amides is 2. The van der Waals surface area contributed by atoms with Crippen LogP contribution in [-0.4, -0.2) is 57.5 Å². The molecule has 2 heterocycles. The minimum atomic E-state index is -1.04. The van der Waals surface area contributed by atoms with Gasteiger partial charge in [0, 0.05) is 45.0 Å². The average Bonchev–Trinajstić information content (AvgIpc) is 2.85. The van der Waals surface area contributed by atoms with Gasteiger partial charge in [-0.1, -0.05) is 12.1 Å². The van der Waals surface area contributed by atoms with Crippen LogP contribution in [-0.2, 0) is 0 Å². The Labute approximate surface area is 197 Å². The number of aliphatic hydroxyl groups excluding tert-OH is 2. The van der Waals surface area contributed by atoms with Crippen molar-refractivity contribution in [1.29, 1.82) is 0 Å². The number of rotatable bonds is 6. The minimum absolute atomic E-state index is 0.0383. The maximum Gasteiger partial charge on any atom is 0.336 e. The number of hydrogen-bond donors (Lipinski definition) is 4. The molecule has 0 atom stereocenters. The summed E-state index contributed by atoms with van der Waals surface area (Å²) in [6, 6.07) is 12.8. The van der Waals surface area contributed by atoms with Crippen molar-refractivity contribution in [3.8, 4) is 5.75 Å². The highest BCUT2D eigenvalue weighted by Gasteiger charge is 2.37. The molecule has 0 saturated heterocycles. The van der Waals surface area contributed by atoms with E-state index >= 15 is 0 Å². The molecule has 176 valence electrons. The maximum atomic E-state index is 13.0. The monoisotopic (exact) mass is 473 g/mol. The van der Waals surface area contributed by atoms with Gasteiger partial charge in [0.2, 0.25) is 0 Å². The summed E-state index contributed by atoms with van der Waals surface area (Å²) < 4.78 is 5.12. The molecule has 10 heteroatoms. The molecule has 5 rings (SSSR count). The van der Waals surface area contributed by atoms with E-state index in [9.17, 15) is 29.7 Å². The van der Waals surface area contributed by atoms with E-state index in [-0.39, 0.29) is 22.5 Å². The highest BCUT2D eigenvalue weighted by molar-refractivity contribution is 6.27. The largest absolute Gasteiger partial charge is 0.508 e. The van der Waals surface area contributed by atoms with Crippen molar-refractivity contribution < 1.29 is 29.3 Å². The van der Waals surface area contributed by atoms with Crippen LogP contribution in [0.15, 0.2) is 68.9 Å². The van der Waals surface area contributed by atoms with E-state index in [0.717, 1.165) is 4.90 Å². The predicted octanol–water partition coefficient (Wildman–Crippen LogP) is 2.05. The zero-order valence-corrected chi connectivity index (χ0v) is 18.1. The first-order valence-corrected chi connectivity index (χ1v) is 10.6. The minimum Gasteiger partial charge on any atom is -0.508 e. The molecule has 0 spiro atoms. The summed E-state index contributed by atoms with van der Waals surface area (Å²) in [5.41, 5.74) is 4.02. The molecule has 1 aliphatic heterocycles. The summed E-state index contributed by atoms with van der Waals surface area (Å²) >= 11 is 0. The summed E-state index contributed by atoms with van der Waals surface area (Å²) in [6.45, 7) is -1.11. The highest BCUT2D eigenvalue weighted by atomic mass is 16.4. The van der Waals surface area contributed by atoms with E-state index in [2.05, 4.69) is 10.5 Å². The third-order valence-corrected chi connectivity index (χ3v) is 5.87. The molecular formula is C25H19N3O7. The number of aromatic hydroxyl groups is 1. The van der Waals surface area contributed by atoms with Gasteiger partial charge in [-0.3, -0.25) is 19.9 Å². The van der Waals surface area contributed by atoms with Crippen molar-refractivity contribution in [2.45, 2.75) is 6.04 Å². The van der Waals surface area contributed by atoms with Crippen molar-refractivity contribution in [1.82, 2.24) is 4.90 Å². The van der Waals surface area contributed by atoms with Crippen LogP contribution in [0.3, 0.4) is 0 Å². The van der Waals surface area contributed by atoms with Gasteiger partial charge in [-0.25, -0.2) is 4.79 Å². The number of benzene rings is 3. The quantitative estimate of drug-likeness (QED) is 0.144. The SMILES string of the molecule is O=C1c2cccc3c(N/N=C/c4cc(=O)oc5cc(O)ccc45)ccc(c23)C(=O)N1C(CO)CO. The fourth-order valence-electron chi connectivity index (χ4n) is 4.22. The van der Waals surface area contributed by atoms with Gasteiger partial charge in [-0.15, -0.1) is 0 Å². The summed E-state index contributed by atoms with van der Waals surface area (Å²) in [5.74, 6) is -1.25. The fourth-order valence-corrected chi connectivity index (χ4v) is 4.22. The van der Waals surface area contributed by atoms with E-state index in [4.69, 9.17) is 4.42 Å². The van der Waals surface area contributed by atoms with Gasteiger partial charge in [0.05, 0.1) is 31.2 Å². The summed E-state index contributed by atoms with van der Waals surface area (Å²) in [4.78, 5) is 38.8. The van der Waals surface area contributed by atoms with Crippen LogP contribution < -0.4 is 11.1 Å². The molecule has 0 radical (unpaired) electrons. The van der Waals surface area contributed by atoms with Gasteiger partial charge >= 0.3 is 5.63 Å². The number of anilines is 1. The summed E-state index contributed by atoms with van der Waals surface area (Å²) in [5, 5.41) is 34.5. The first-order valence-electron chi connectivity index (χ1n) is 10.6. The van der Waals surface area contributed by atoms with Crippen LogP contribution >= 0.6 is 0 Å². The lowest BCUT2D eigenvalue weighted by Crippen LogP contribution is -2.50. The van der Waals surface area contributed by atoms with Crippen molar-refractivity contribution in [2.75, 3.05) is 18.6 Å². The Bertz CT molecular complexity index is 1570. The lowest BCUT2D eigenvalue weighted by molar-refractivity contribution is 0.0375. The standard InChI is InChI=1S/C25H19N3O7/c29-11-14(12-30)28-24(33)18-3-1-2-17-20(7-6-19(23(17)18)25(28)34)27-26-10-13-8-22(32)35-21-9-15(31)4-5-16(13)21/h1-10,14,27,29-31H,11-12H2/b26-10+. The third kappa shape index (κ3) is 3.70. The zero-order valence-electron chi connectivity index (χ0n) is 18.1. The molecule has 1 aliphatic rings. The predicted molar refractivity (Wildman–Crippen MR) is 128 cm³/mol. The molecule has 1 aromatic heterocycles. The number of carbonyl (C=O) groups excluding carboxylic acids is 2. The molecule has 0 fully saturated rings. The fraction of sp³-hybridized carbons (Fsp3) is 0.120. The van der Waals surface area contributed by atoms with E-state index < -0.39 is 36.7 Å². The number of hydrogen-bond acceptors (Lipinski definition) is 9. The topological polar surface area (TPSA) is 153 Å². The summed E-state index contributed by atoms with van der Waals surface area (Å²) in [7, 11) is 0. The third-order valence-electron chi connectivity index (χ3n) is 5.87. The first kappa shape index (κ1) is 22.3. The van der Waals surface area contributed by atoms with Crippen LogP contribution in [0.1, 0.15) is 26.3 Å². The molecule has 0 aliphatic carbocycles. The van der Waals surface area contributed by atoms with Crippen molar-refractivity contribution in [3.63, 3.8) is 0 Å². The van der Waals surface area contributed by atoms with E-state index in [1.54, 1.807) is 36.4 Å². The smallest absolute Gasteiger partial charge is 0.336 e. The number of aliphatic hydroxyl groups is 2. The van der Waals surface area contributed by atoms with E-state index in [0.29, 0.717) is 27.4 Å². The number of nitrogens with one attached hydrogen (secondary N) is 1. The molecule has 0 saturated carbocycles. The Kier molecular flexibility index (Phi) is 5.51. The zero-order chi connectivity index (χ0) is 24.7. The number of phenolic OH excluding ortho intramolecular Hbond substituents is 1. The van der Waals surface area contributed by atoms with Crippen LogP contribution in [0.25, 0.3) is 21.7 Å². The van der Waals surface area contributed by atoms with Crippen molar-refractivity contribution in [2.24, 2.45) is 5.10 Å². The Morgan fingerprint density at radius 3 is 2.43 bits per heavy atom. The van der Waals surface area contributed by atoms with Crippen molar-refractivity contribution in [3.05, 3.63) is 81.7 Å². The molecule has 0 bridgehead atoms. The van der Waals surface area contributed by atoms with Gasteiger partial charge in [-0.05, 0) is 30.3 Å². The normalized spacial score (nSPS) is 13.5. The molecule has 4 aromatic rings. The first-order chi connectivity index (χ1) is 16.9. The van der Waals surface area contributed by atoms with E-state index in [1.165, 1.54) is 24.4 Å². The lowest BCUT2D eigenvalue weighted by Gasteiger charge is -2.32. The van der Waals surface area contributed by atoms with Crippen molar-refractivity contribution >= 4 is 45.5 Å². The Morgan fingerprint density at radius 2 is 1.69 bits per heavy atom. The van der Waals surface area contributed by atoms with Gasteiger partial charge in [-0.2, -0.15) is 5.10 Å². The number of carbonyl (C=O) groups is 2. The van der Waals surface area contributed by atoms with Crippen LogP contribution in [0.5, 0.6) is 5.75 Å². The van der Waals surface area contributed by atoms with Gasteiger partial charge in [0.15, 0.2) is 0 Å². The number of phenols is 1. The lowest BCUT2D eigenvalue weighted by atomic mass is 9.92. The second-order valence-electron chi connectivity index (χ2n) is 7.96. The second-order valence-corrected chi connectivity index (χ2v) is 7.96. The molecule has 0 unspecified atom stereocenters. The molecule has 4 N–H and O–H groups in total. The van der Waals surface area contributed by atoms with Crippen LogP contribution in [0.2, 0.25) is 0 Å². The maximum absolute atomic E-state index is 13.0. The van der Waals surface area contributed by atoms with E-state index in [1.807, 2.05) is 0 Å². The highest BCUT2D eigenvalue weighted by Crippen LogP contribution is 2.35. The molecule has 10 nitrogen and oxygen atoms in total. The average molecular weight is 473 g/mol. The number of nitrogens with zero attached hydrogens (tertiary/aromatic N) is 2. The van der Waals surface area contributed by atoms with Gasteiger partial charge < -0.3 is 19.7 Å². The Balaban J connectivity index is 1.53. The Morgan fingerprint density at radius 1 is 0.943 bits per heavy atom.